The lowest BCUT2D eigenvalue weighted by atomic mass is 10.2. The van der Waals surface area contributed by atoms with Gasteiger partial charge in [0.2, 0.25) is 5.82 Å². The Kier molecular flexibility index (Phi) is 4.84. The van der Waals surface area contributed by atoms with Gasteiger partial charge in [0.05, 0.1) is 21.6 Å². The molecule has 0 radical (unpaired) electrons. The maximum atomic E-state index is 13.2. The first kappa shape index (κ1) is 19.5. The van der Waals surface area contributed by atoms with E-state index in [1.807, 2.05) is 36.4 Å². The molecule has 31 heavy (non-hydrogen) atoms. The Morgan fingerprint density at radius 2 is 1.87 bits per heavy atom. The number of aromatic nitrogens is 2. The van der Waals surface area contributed by atoms with Crippen molar-refractivity contribution in [2.24, 2.45) is 5.10 Å². The third kappa shape index (κ3) is 3.52. The van der Waals surface area contributed by atoms with Gasteiger partial charge in [-0.3, -0.25) is 4.79 Å². The fraction of sp³-hybridized carbons (Fsp3) is 0. The van der Waals surface area contributed by atoms with E-state index in [0.29, 0.717) is 37.3 Å². The summed E-state index contributed by atoms with van der Waals surface area (Å²) in [5.41, 5.74) is 1.18. The van der Waals surface area contributed by atoms with Gasteiger partial charge in [0.1, 0.15) is 11.3 Å². The highest BCUT2D eigenvalue weighted by Gasteiger charge is 2.16. The third-order valence-electron chi connectivity index (χ3n) is 4.77. The number of benzene rings is 3. The molecule has 5 rings (SSSR count). The molecule has 0 bridgehead atoms. The molecular weight excluding hydrogens is 482 g/mol. The van der Waals surface area contributed by atoms with Crippen LogP contribution in [0.2, 0.25) is 5.02 Å². The summed E-state index contributed by atoms with van der Waals surface area (Å²) in [5, 5.41) is 16.3. The van der Waals surface area contributed by atoms with E-state index in [2.05, 4.69) is 26.0 Å². The van der Waals surface area contributed by atoms with Crippen molar-refractivity contribution in [3.63, 3.8) is 0 Å². The second kappa shape index (κ2) is 7.68. The molecule has 6 nitrogen and oxygen atoms in total. The van der Waals surface area contributed by atoms with Crippen molar-refractivity contribution < 1.29 is 9.52 Å². The number of hydrogen-bond acceptors (Lipinski definition) is 5. The Bertz CT molecular complexity index is 1520. The fourth-order valence-corrected chi connectivity index (χ4v) is 4.12. The molecule has 0 atom stereocenters. The molecule has 2 aromatic heterocycles. The van der Waals surface area contributed by atoms with Crippen LogP contribution in [0.3, 0.4) is 0 Å². The molecule has 0 amide bonds. The molecule has 0 unspecified atom stereocenters. The van der Waals surface area contributed by atoms with E-state index in [4.69, 9.17) is 16.0 Å². The van der Waals surface area contributed by atoms with Crippen LogP contribution in [-0.2, 0) is 0 Å². The van der Waals surface area contributed by atoms with Crippen LogP contribution < -0.4 is 5.56 Å². The largest absolute Gasteiger partial charge is 0.506 e. The molecule has 1 N–H and O–H groups in total. The predicted molar refractivity (Wildman–Crippen MR) is 125 cm³/mol. The molecule has 0 spiro atoms. The lowest BCUT2D eigenvalue weighted by Gasteiger charge is -2.08. The molecule has 0 aliphatic rings. The van der Waals surface area contributed by atoms with Gasteiger partial charge in [-0.25, -0.2) is 4.98 Å². The van der Waals surface area contributed by atoms with E-state index in [0.717, 1.165) is 10.1 Å². The molecular formula is C23H13BrClN3O3. The first-order valence-electron chi connectivity index (χ1n) is 9.24. The Hall–Kier alpha value is -3.42. The molecule has 0 aliphatic heterocycles. The number of phenolic OH excluding ortho intramolecular Hbond substituents is 1. The van der Waals surface area contributed by atoms with Gasteiger partial charge in [0.25, 0.3) is 5.56 Å². The van der Waals surface area contributed by atoms with Crippen LogP contribution in [0.25, 0.3) is 33.5 Å². The predicted octanol–water partition coefficient (Wildman–Crippen LogP) is 5.81. The molecule has 2 heterocycles. The van der Waals surface area contributed by atoms with Crippen molar-refractivity contribution in [3.05, 3.63) is 92.1 Å². The lowest BCUT2D eigenvalue weighted by Crippen LogP contribution is -2.20. The number of halogens is 2. The molecule has 0 aliphatic carbocycles. The maximum Gasteiger partial charge on any atom is 0.282 e. The highest BCUT2D eigenvalue weighted by molar-refractivity contribution is 9.10. The minimum Gasteiger partial charge on any atom is -0.506 e. The van der Waals surface area contributed by atoms with Gasteiger partial charge in [0, 0.05) is 16.0 Å². The SMILES string of the molecule is O=c1c2ccccc2nc(-c2cc3ccccc3o2)n1N=Cc1cc(Cl)cc(Br)c1O. The summed E-state index contributed by atoms with van der Waals surface area (Å²) in [4.78, 5) is 17.9. The average Bonchev–Trinajstić information content (AvgIpc) is 3.20. The molecule has 152 valence electrons. The zero-order valence-electron chi connectivity index (χ0n) is 15.8. The summed E-state index contributed by atoms with van der Waals surface area (Å²) >= 11 is 9.34. The first-order chi connectivity index (χ1) is 15.0. The summed E-state index contributed by atoms with van der Waals surface area (Å²) in [7, 11) is 0. The van der Waals surface area contributed by atoms with Crippen molar-refractivity contribution in [1.82, 2.24) is 9.66 Å². The molecule has 8 heteroatoms. The average molecular weight is 495 g/mol. The number of aromatic hydroxyl groups is 1. The molecule has 3 aromatic carbocycles. The van der Waals surface area contributed by atoms with Crippen LogP contribution in [0.5, 0.6) is 5.75 Å². The maximum absolute atomic E-state index is 13.2. The summed E-state index contributed by atoms with van der Waals surface area (Å²) in [5.74, 6) is 0.606. The van der Waals surface area contributed by atoms with Crippen LogP contribution in [0, 0.1) is 0 Å². The molecule has 0 fully saturated rings. The Balaban J connectivity index is 1.76. The van der Waals surface area contributed by atoms with Crippen LogP contribution in [-0.4, -0.2) is 21.0 Å². The molecule has 5 aromatic rings. The van der Waals surface area contributed by atoms with Gasteiger partial charge in [-0.2, -0.15) is 9.78 Å². The minimum absolute atomic E-state index is 0.0414. The van der Waals surface area contributed by atoms with E-state index in [1.165, 1.54) is 6.21 Å². The van der Waals surface area contributed by atoms with Gasteiger partial charge in [-0.1, -0.05) is 41.9 Å². The zero-order valence-corrected chi connectivity index (χ0v) is 18.1. The number of phenols is 1. The molecule has 0 saturated carbocycles. The van der Waals surface area contributed by atoms with Gasteiger partial charge < -0.3 is 9.52 Å². The second-order valence-electron chi connectivity index (χ2n) is 6.79. The normalized spacial score (nSPS) is 11.7. The van der Waals surface area contributed by atoms with Crippen LogP contribution >= 0.6 is 27.5 Å². The molecule has 0 saturated heterocycles. The van der Waals surface area contributed by atoms with Gasteiger partial charge >= 0.3 is 0 Å². The van der Waals surface area contributed by atoms with Gasteiger partial charge in [-0.15, -0.1) is 0 Å². The van der Waals surface area contributed by atoms with Crippen molar-refractivity contribution >= 4 is 55.6 Å². The quantitative estimate of drug-likeness (QED) is 0.321. The monoisotopic (exact) mass is 493 g/mol. The van der Waals surface area contributed by atoms with E-state index < -0.39 is 0 Å². The van der Waals surface area contributed by atoms with Crippen molar-refractivity contribution in [1.29, 1.82) is 0 Å². The standard InChI is InChI=1S/C23H13BrClN3O3/c24-17-11-15(25)9-14(21(17)29)12-26-28-22(20-10-13-5-1-4-8-19(13)31-20)27-18-7-3-2-6-16(18)23(28)30/h1-12,29H. The highest BCUT2D eigenvalue weighted by Crippen LogP contribution is 2.31. The van der Waals surface area contributed by atoms with Crippen LogP contribution in [0.1, 0.15) is 5.56 Å². The lowest BCUT2D eigenvalue weighted by molar-refractivity contribution is 0.471. The topological polar surface area (TPSA) is 80.6 Å². The summed E-state index contributed by atoms with van der Waals surface area (Å²) in [6.07, 6.45) is 1.36. The fourth-order valence-electron chi connectivity index (χ4n) is 3.29. The summed E-state index contributed by atoms with van der Waals surface area (Å²) in [6, 6.07) is 19.5. The van der Waals surface area contributed by atoms with Gasteiger partial charge in [-0.05, 0) is 52.3 Å². The van der Waals surface area contributed by atoms with E-state index >= 15 is 0 Å². The van der Waals surface area contributed by atoms with Crippen molar-refractivity contribution in [2.75, 3.05) is 0 Å². The van der Waals surface area contributed by atoms with Crippen LogP contribution in [0.4, 0.5) is 0 Å². The Morgan fingerprint density at radius 3 is 2.71 bits per heavy atom. The van der Waals surface area contributed by atoms with Crippen molar-refractivity contribution in [2.45, 2.75) is 0 Å². The summed E-state index contributed by atoms with van der Waals surface area (Å²) in [6.45, 7) is 0. The Labute approximate surface area is 189 Å². The number of nitrogens with zero attached hydrogens (tertiary/aromatic N) is 3. The third-order valence-corrected chi connectivity index (χ3v) is 5.59. The van der Waals surface area contributed by atoms with Crippen LogP contribution in [0.15, 0.2) is 85.5 Å². The number of furan rings is 1. The Morgan fingerprint density at radius 1 is 1.10 bits per heavy atom. The number of fused-ring (bicyclic) bond motifs is 2. The number of rotatable bonds is 3. The van der Waals surface area contributed by atoms with Gasteiger partial charge in [0.15, 0.2) is 5.76 Å². The van der Waals surface area contributed by atoms with E-state index in [-0.39, 0.29) is 17.1 Å². The van der Waals surface area contributed by atoms with Crippen molar-refractivity contribution in [3.8, 4) is 17.3 Å². The zero-order chi connectivity index (χ0) is 21.5. The highest BCUT2D eigenvalue weighted by atomic mass is 79.9. The van der Waals surface area contributed by atoms with E-state index in [9.17, 15) is 9.90 Å². The first-order valence-corrected chi connectivity index (χ1v) is 10.4. The van der Waals surface area contributed by atoms with E-state index in [1.54, 1.807) is 30.3 Å². The summed E-state index contributed by atoms with van der Waals surface area (Å²) < 4.78 is 7.52. The smallest absolute Gasteiger partial charge is 0.282 e. The second-order valence-corrected chi connectivity index (χ2v) is 8.08. The number of para-hydroxylation sites is 2. The number of hydrogen-bond donors (Lipinski definition) is 1. The minimum atomic E-state index is -0.363.